The minimum absolute atomic E-state index is 0.0864. The monoisotopic (exact) mass is 592 g/mol. The van der Waals surface area contributed by atoms with Crippen molar-refractivity contribution in [2.45, 2.75) is 38.3 Å². The van der Waals surface area contributed by atoms with Crippen molar-refractivity contribution in [3.05, 3.63) is 108 Å². The highest BCUT2D eigenvalue weighted by atomic mass is 16.5. The molecule has 0 unspecified atom stereocenters. The van der Waals surface area contributed by atoms with E-state index in [1.54, 1.807) is 19.1 Å². The number of carbonyl (C=O) groups is 4. The van der Waals surface area contributed by atoms with Crippen molar-refractivity contribution in [2.24, 2.45) is 5.92 Å². The number of rotatable bonds is 12. The molecule has 0 saturated carbocycles. The third-order valence-electron chi connectivity index (χ3n) is 7.70. The first kappa shape index (κ1) is 30.3. The van der Waals surface area contributed by atoms with Crippen LogP contribution in [0.1, 0.15) is 35.8 Å². The number of esters is 1. The highest BCUT2D eigenvalue weighted by Crippen LogP contribution is 2.28. The van der Waals surface area contributed by atoms with E-state index >= 15 is 0 Å². The standard InChI is InChI=1S/C35H36N4O5/c1-2-44-32(40)18-15-26(22-25-19-20-36-33(25)41)37-35(43)31(21-23-9-4-3-5-10-23)39-34(42)30-17-16-29(38-30)28-14-8-12-24-11-6-7-13-27(24)28/h3-18,25-26,31,38H,2,19-22H2,1H3,(H,36,41)(H,37,43)(H,39,42)/t25-,26+,31-/m0/s1. The van der Waals surface area contributed by atoms with E-state index in [0.29, 0.717) is 25.1 Å². The van der Waals surface area contributed by atoms with Crippen LogP contribution in [0.25, 0.3) is 22.0 Å². The molecule has 1 aliphatic rings. The van der Waals surface area contributed by atoms with E-state index in [0.717, 1.165) is 27.6 Å². The van der Waals surface area contributed by atoms with E-state index in [4.69, 9.17) is 4.74 Å². The number of benzene rings is 3. The summed E-state index contributed by atoms with van der Waals surface area (Å²) < 4.78 is 5.00. The van der Waals surface area contributed by atoms with Crippen molar-refractivity contribution >= 4 is 34.5 Å². The highest BCUT2D eigenvalue weighted by molar-refractivity contribution is 5.99. The van der Waals surface area contributed by atoms with E-state index < -0.39 is 29.9 Å². The molecule has 1 fully saturated rings. The summed E-state index contributed by atoms with van der Waals surface area (Å²) in [4.78, 5) is 54.8. The summed E-state index contributed by atoms with van der Waals surface area (Å²) in [5.41, 5.74) is 2.94. The van der Waals surface area contributed by atoms with E-state index in [9.17, 15) is 19.2 Å². The molecular weight excluding hydrogens is 556 g/mol. The lowest BCUT2D eigenvalue weighted by Gasteiger charge is -2.23. The van der Waals surface area contributed by atoms with Gasteiger partial charge in [-0.15, -0.1) is 0 Å². The Morgan fingerprint density at radius 3 is 2.50 bits per heavy atom. The van der Waals surface area contributed by atoms with Gasteiger partial charge in [-0.05, 0) is 48.2 Å². The van der Waals surface area contributed by atoms with Gasteiger partial charge in [0.05, 0.1) is 6.61 Å². The van der Waals surface area contributed by atoms with Crippen LogP contribution in [0.4, 0.5) is 0 Å². The number of ether oxygens (including phenoxy) is 1. The molecule has 5 rings (SSSR count). The van der Waals surface area contributed by atoms with Gasteiger partial charge in [0, 0.05) is 42.3 Å². The average Bonchev–Trinajstić information content (AvgIpc) is 3.69. The molecule has 4 aromatic rings. The van der Waals surface area contributed by atoms with Gasteiger partial charge in [-0.2, -0.15) is 0 Å². The van der Waals surface area contributed by atoms with E-state index in [2.05, 4.69) is 20.9 Å². The van der Waals surface area contributed by atoms with Crippen LogP contribution in [0.3, 0.4) is 0 Å². The van der Waals surface area contributed by atoms with Crippen LogP contribution >= 0.6 is 0 Å². The topological polar surface area (TPSA) is 129 Å². The number of aromatic nitrogens is 1. The van der Waals surface area contributed by atoms with Crippen LogP contribution in [-0.4, -0.2) is 53.9 Å². The Labute approximate surface area is 256 Å². The van der Waals surface area contributed by atoms with Crippen molar-refractivity contribution in [3.63, 3.8) is 0 Å². The van der Waals surface area contributed by atoms with Gasteiger partial charge < -0.3 is 25.7 Å². The first-order valence-electron chi connectivity index (χ1n) is 14.9. The lowest BCUT2D eigenvalue weighted by atomic mass is 9.97. The lowest BCUT2D eigenvalue weighted by molar-refractivity contribution is -0.137. The minimum Gasteiger partial charge on any atom is -0.463 e. The number of hydrogen-bond acceptors (Lipinski definition) is 5. The van der Waals surface area contributed by atoms with Crippen LogP contribution in [-0.2, 0) is 25.5 Å². The number of aromatic amines is 1. The largest absolute Gasteiger partial charge is 0.463 e. The molecule has 9 nitrogen and oxygen atoms in total. The Balaban J connectivity index is 1.36. The zero-order chi connectivity index (χ0) is 30.9. The summed E-state index contributed by atoms with van der Waals surface area (Å²) >= 11 is 0. The summed E-state index contributed by atoms with van der Waals surface area (Å²) in [6, 6.07) is 25.4. The Hall–Kier alpha value is -5.18. The number of H-pyrrole nitrogens is 1. The summed E-state index contributed by atoms with van der Waals surface area (Å²) in [5.74, 6) is -1.79. The summed E-state index contributed by atoms with van der Waals surface area (Å²) in [5, 5.41) is 10.8. The van der Waals surface area contributed by atoms with Gasteiger partial charge in [-0.25, -0.2) is 4.79 Å². The van der Waals surface area contributed by atoms with Gasteiger partial charge in [-0.1, -0.05) is 78.9 Å². The van der Waals surface area contributed by atoms with Crippen LogP contribution < -0.4 is 16.0 Å². The Bertz CT molecular complexity index is 1660. The third-order valence-corrected chi connectivity index (χ3v) is 7.70. The van der Waals surface area contributed by atoms with Crippen molar-refractivity contribution < 1.29 is 23.9 Å². The molecule has 2 heterocycles. The second-order valence-corrected chi connectivity index (χ2v) is 10.8. The Kier molecular flexibility index (Phi) is 9.86. The van der Waals surface area contributed by atoms with Gasteiger partial charge >= 0.3 is 5.97 Å². The number of nitrogens with one attached hydrogen (secondary N) is 4. The average molecular weight is 593 g/mol. The number of fused-ring (bicyclic) bond motifs is 1. The molecule has 1 aromatic heterocycles. The highest BCUT2D eigenvalue weighted by Gasteiger charge is 2.29. The maximum Gasteiger partial charge on any atom is 0.330 e. The molecule has 0 aliphatic carbocycles. The second-order valence-electron chi connectivity index (χ2n) is 10.8. The third kappa shape index (κ3) is 7.60. The lowest BCUT2D eigenvalue weighted by Crippen LogP contribution is -2.51. The summed E-state index contributed by atoms with van der Waals surface area (Å²) in [6.07, 6.45) is 4.00. The van der Waals surface area contributed by atoms with Gasteiger partial charge in [0.1, 0.15) is 11.7 Å². The van der Waals surface area contributed by atoms with Gasteiger partial charge in [-0.3, -0.25) is 14.4 Å². The van der Waals surface area contributed by atoms with Crippen LogP contribution in [0, 0.1) is 5.92 Å². The molecular formula is C35H36N4O5. The molecule has 0 bridgehead atoms. The van der Waals surface area contributed by atoms with Gasteiger partial charge in [0.2, 0.25) is 11.8 Å². The molecule has 226 valence electrons. The molecule has 1 saturated heterocycles. The predicted octanol–water partition coefficient (Wildman–Crippen LogP) is 4.31. The molecule has 3 amide bonds. The van der Waals surface area contributed by atoms with Gasteiger partial charge in [0.25, 0.3) is 5.91 Å². The van der Waals surface area contributed by atoms with E-state index in [1.165, 1.54) is 6.08 Å². The van der Waals surface area contributed by atoms with Crippen molar-refractivity contribution in [1.29, 1.82) is 0 Å². The molecule has 1 aliphatic heterocycles. The fraction of sp³-hybridized carbons (Fsp3) is 0.257. The molecule has 3 atom stereocenters. The van der Waals surface area contributed by atoms with Crippen molar-refractivity contribution in [1.82, 2.24) is 20.9 Å². The van der Waals surface area contributed by atoms with Crippen LogP contribution in [0.2, 0.25) is 0 Å². The predicted molar refractivity (Wildman–Crippen MR) is 169 cm³/mol. The summed E-state index contributed by atoms with van der Waals surface area (Å²) in [7, 11) is 0. The number of carbonyl (C=O) groups excluding carboxylic acids is 4. The minimum atomic E-state index is -0.926. The molecule has 3 aromatic carbocycles. The molecule has 4 N–H and O–H groups in total. The van der Waals surface area contributed by atoms with Crippen molar-refractivity contribution in [3.8, 4) is 11.3 Å². The zero-order valence-corrected chi connectivity index (χ0v) is 24.5. The SMILES string of the molecule is CCOC(=O)C=C[C@H](C[C@@H]1CCNC1=O)NC(=O)[C@H](Cc1ccccc1)NC(=O)c1ccc(-c2cccc3ccccc23)[nH]1. The van der Waals surface area contributed by atoms with E-state index in [-0.39, 0.29) is 24.9 Å². The quantitative estimate of drug-likeness (QED) is 0.144. The second kappa shape index (κ2) is 14.3. The van der Waals surface area contributed by atoms with Crippen LogP contribution in [0.15, 0.2) is 97.1 Å². The maximum atomic E-state index is 13.7. The maximum absolute atomic E-state index is 13.7. The van der Waals surface area contributed by atoms with E-state index in [1.807, 2.05) is 78.9 Å². The number of hydrogen-bond donors (Lipinski definition) is 4. The normalized spacial score (nSPS) is 15.9. The Morgan fingerprint density at radius 1 is 0.955 bits per heavy atom. The van der Waals surface area contributed by atoms with Crippen molar-refractivity contribution in [2.75, 3.05) is 13.2 Å². The molecule has 0 radical (unpaired) electrons. The number of amides is 3. The molecule has 9 heteroatoms. The first-order chi connectivity index (χ1) is 21.4. The zero-order valence-electron chi connectivity index (χ0n) is 24.5. The molecule has 0 spiro atoms. The smallest absolute Gasteiger partial charge is 0.330 e. The van der Waals surface area contributed by atoms with Gasteiger partial charge in [0.15, 0.2) is 0 Å². The summed E-state index contributed by atoms with van der Waals surface area (Å²) in [6.45, 7) is 2.49. The first-order valence-corrected chi connectivity index (χ1v) is 14.9. The Morgan fingerprint density at radius 2 is 1.73 bits per heavy atom. The van der Waals surface area contributed by atoms with Crippen LogP contribution in [0.5, 0.6) is 0 Å². The fourth-order valence-corrected chi connectivity index (χ4v) is 5.47. The molecule has 44 heavy (non-hydrogen) atoms. The fourth-order valence-electron chi connectivity index (χ4n) is 5.47.